The van der Waals surface area contributed by atoms with Crippen LogP contribution in [0.25, 0.3) is 10.9 Å². The highest BCUT2D eigenvalue weighted by Gasteiger charge is 2.25. The highest BCUT2D eigenvalue weighted by atomic mass is 32.2. The number of nitrogens with zero attached hydrogens (tertiary/aromatic N) is 2. The summed E-state index contributed by atoms with van der Waals surface area (Å²) in [5, 5.41) is 3.20. The van der Waals surface area contributed by atoms with Gasteiger partial charge in [-0.2, -0.15) is 0 Å². The van der Waals surface area contributed by atoms with E-state index in [1.165, 1.54) is 23.9 Å². The first-order chi connectivity index (χ1) is 14.0. The third kappa shape index (κ3) is 4.05. The minimum atomic E-state index is -0.546. The molecule has 1 fully saturated rings. The van der Waals surface area contributed by atoms with E-state index in [4.69, 9.17) is 4.98 Å². The average Bonchev–Trinajstić information content (AvgIpc) is 3.24. The zero-order valence-electron chi connectivity index (χ0n) is 16.1. The van der Waals surface area contributed by atoms with Gasteiger partial charge < -0.3 is 5.32 Å². The number of carbonyl (C=O) groups excluding carboxylic acids is 1. The van der Waals surface area contributed by atoms with Gasteiger partial charge >= 0.3 is 0 Å². The summed E-state index contributed by atoms with van der Waals surface area (Å²) in [6, 6.07) is 13.4. The van der Waals surface area contributed by atoms with E-state index in [1.54, 1.807) is 29.7 Å². The first-order valence-corrected chi connectivity index (χ1v) is 10.7. The Labute approximate surface area is 172 Å². The molecule has 29 heavy (non-hydrogen) atoms. The minimum Gasteiger partial charge on any atom is -0.323 e. The highest BCUT2D eigenvalue weighted by molar-refractivity contribution is 8.00. The molecule has 0 radical (unpaired) electrons. The highest BCUT2D eigenvalue weighted by Crippen LogP contribution is 2.33. The van der Waals surface area contributed by atoms with Gasteiger partial charge in [0.25, 0.3) is 5.56 Å². The van der Waals surface area contributed by atoms with E-state index in [-0.39, 0.29) is 23.2 Å². The number of anilines is 1. The van der Waals surface area contributed by atoms with Crippen molar-refractivity contribution in [3.63, 3.8) is 0 Å². The van der Waals surface area contributed by atoms with Crippen LogP contribution in [0.2, 0.25) is 0 Å². The van der Waals surface area contributed by atoms with Gasteiger partial charge in [0.2, 0.25) is 5.91 Å². The fraction of sp³-hybridized carbons (Fsp3) is 0.318. The fourth-order valence-corrected chi connectivity index (χ4v) is 4.68. The van der Waals surface area contributed by atoms with Crippen LogP contribution in [0.3, 0.4) is 0 Å². The molecule has 1 aliphatic carbocycles. The monoisotopic (exact) mass is 411 g/mol. The van der Waals surface area contributed by atoms with Crippen molar-refractivity contribution in [2.45, 2.75) is 49.1 Å². The van der Waals surface area contributed by atoms with Crippen molar-refractivity contribution < 1.29 is 9.18 Å². The van der Waals surface area contributed by atoms with Crippen LogP contribution in [-0.4, -0.2) is 20.7 Å². The minimum absolute atomic E-state index is 0.0632. The van der Waals surface area contributed by atoms with Gasteiger partial charge in [0.15, 0.2) is 5.16 Å². The van der Waals surface area contributed by atoms with Gasteiger partial charge in [0.1, 0.15) is 5.82 Å². The second-order valence-corrected chi connectivity index (χ2v) is 8.56. The molecule has 5 nitrogen and oxygen atoms in total. The van der Waals surface area contributed by atoms with E-state index in [0.29, 0.717) is 16.1 Å². The van der Waals surface area contributed by atoms with E-state index < -0.39 is 11.1 Å². The Morgan fingerprint density at radius 2 is 1.86 bits per heavy atom. The van der Waals surface area contributed by atoms with Gasteiger partial charge in [0, 0.05) is 6.04 Å². The molecule has 0 spiro atoms. The number of thioether (sulfide) groups is 1. The first kappa shape index (κ1) is 19.6. The molecule has 0 saturated heterocycles. The van der Waals surface area contributed by atoms with Crippen LogP contribution in [0.1, 0.15) is 38.6 Å². The van der Waals surface area contributed by atoms with E-state index in [9.17, 15) is 14.0 Å². The van der Waals surface area contributed by atoms with Crippen LogP contribution in [0.4, 0.5) is 10.1 Å². The average molecular weight is 412 g/mol. The number of carbonyl (C=O) groups is 1. The van der Waals surface area contributed by atoms with Crippen LogP contribution in [0.15, 0.2) is 58.5 Å². The number of aromatic nitrogens is 2. The Kier molecular flexibility index (Phi) is 5.67. The molecule has 1 saturated carbocycles. The van der Waals surface area contributed by atoms with Crippen molar-refractivity contribution in [2.75, 3.05) is 5.32 Å². The number of halogens is 1. The van der Waals surface area contributed by atoms with Crippen molar-refractivity contribution in [3.05, 3.63) is 64.7 Å². The zero-order chi connectivity index (χ0) is 20.4. The summed E-state index contributed by atoms with van der Waals surface area (Å²) in [5.74, 6) is -0.815. The second-order valence-electron chi connectivity index (χ2n) is 7.25. The Hall–Kier alpha value is -2.67. The summed E-state index contributed by atoms with van der Waals surface area (Å²) >= 11 is 1.24. The fourth-order valence-electron chi connectivity index (χ4n) is 3.70. The van der Waals surface area contributed by atoms with Gasteiger partial charge in [-0.3, -0.25) is 14.2 Å². The summed E-state index contributed by atoms with van der Waals surface area (Å²) in [5.41, 5.74) is 0.701. The SMILES string of the molecule is CC(Sc1nc2ccccc2c(=O)n1C1CCCC1)C(=O)Nc1ccccc1F. The summed E-state index contributed by atoms with van der Waals surface area (Å²) in [4.78, 5) is 30.5. The van der Waals surface area contributed by atoms with E-state index in [0.717, 1.165) is 25.7 Å². The predicted molar refractivity (Wildman–Crippen MR) is 114 cm³/mol. The lowest BCUT2D eigenvalue weighted by atomic mass is 10.2. The van der Waals surface area contributed by atoms with Gasteiger partial charge in [-0.05, 0) is 44.0 Å². The number of amides is 1. The Bertz CT molecular complexity index is 1110. The smallest absolute Gasteiger partial charge is 0.262 e. The maximum Gasteiger partial charge on any atom is 0.262 e. The lowest BCUT2D eigenvalue weighted by molar-refractivity contribution is -0.115. The molecule has 1 heterocycles. The molecule has 2 aromatic carbocycles. The molecule has 0 bridgehead atoms. The Balaban J connectivity index is 1.65. The van der Waals surface area contributed by atoms with Crippen LogP contribution < -0.4 is 10.9 Å². The molecule has 1 aromatic heterocycles. The summed E-state index contributed by atoms with van der Waals surface area (Å²) < 4.78 is 15.6. The van der Waals surface area contributed by atoms with Crippen molar-refractivity contribution in [1.29, 1.82) is 0 Å². The summed E-state index contributed by atoms with van der Waals surface area (Å²) in [6.07, 6.45) is 4.03. The molecule has 1 N–H and O–H groups in total. The van der Waals surface area contributed by atoms with Crippen LogP contribution in [0, 0.1) is 5.82 Å². The van der Waals surface area contributed by atoms with Gasteiger partial charge in [-0.25, -0.2) is 9.37 Å². The summed E-state index contributed by atoms with van der Waals surface area (Å²) in [7, 11) is 0. The lowest BCUT2D eigenvalue weighted by Crippen LogP contribution is -2.29. The number of benzene rings is 2. The van der Waals surface area contributed by atoms with Gasteiger partial charge in [0.05, 0.1) is 21.8 Å². The van der Waals surface area contributed by atoms with Crippen molar-refractivity contribution >= 4 is 34.3 Å². The van der Waals surface area contributed by atoms with Crippen LogP contribution >= 0.6 is 11.8 Å². The number of para-hydroxylation sites is 2. The van der Waals surface area contributed by atoms with Crippen molar-refractivity contribution in [1.82, 2.24) is 9.55 Å². The molecule has 7 heteroatoms. The lowest BCUT2D eigenvalue weighted by Gasteiger charge is -2.20. The van der Waals surface area contributed by atoms with E-state index in [1.807, 2.05) is 18.2 Å². The molecule has 150 valence electrons. The van der Waals surface area contributed by atoms with Crippen molar-refractivity contribution in [3.8, 4) is 0 Å². The number of hydrogen-bond acceptors (Lipinski definition) is 4. The zero-order valence-corrected chi connectivity index (χ0v) is 16.9. The second kappa shape index (κ2) is 8.37. The quantitative estimate of drug-likeness (QED) is 0.485. The largest absolute Gasteiger partial charge is 0.323 e. The Morgan fingerprint density at radius 3 is 2.62 bits per heavy atom. The molecule has 1 unspecified atom stereocenters. The molecule has 1 atom stereocenters. The maximum absolute atomic E-state index is 13.9. The van der Waals surface area contributed by atoms with Crippen LogP contribution in [0.5, 0.6) is 0 Å². The third-order valence-corrected chi connectivity index (χ3v) is 6.31. The van der Waals surface area contributed by atoms with Crippen LogP contribution in [-0.2, 0) is 4.79 Å². The third-order valence-electron chi connectivity index (χ3n) is 5.25. The number of hydrogen-bond donors (Lipinski definition) is 1. The molecule has 1 aliphatic rings. The van der Waals surface area contributed by atoms with Crippen molar-refractivity contribution in [2.24, 2.45) is 0 Å². The molecule has 0 aliphatic heterocycles. The maximum atomic E-state index is 13.9. The first-order valence-electron chi connectivity index (χ1n) is 9.78. The Morgan fingerprint density at radius 1 is 1.17 bits per heavy atom. The number of nitrogens with one attached hydrogen (secondary N) is 1. The van der Waals surface area contributed by atoms with E-state index in [2.05, 4.69) is 5.32 Å². The molecule has 4 rings (SSSR count). The molecule has 3 aromatic rings. The topological polar surface area (TPSA) is 64.0 Å². The predicted octanol–water partition coefficient (Wildman–Crippen LogP) is 4.77. The number of fused-ring (bicyclic) bond motifs is 1. The molecule has 1 amide bonds. The number of rotatable bonds is 5. The van der Waals surface area contributed by atoms with Gasteiger partial charge in [-0.15, -0.1) is 0 Å². The van der Waals surface area contributed by atoms with Gasteiger partial charge in [-0.1, -0.05) is 48.9 Å². The molecular formula is C22H22FN3O2S. The van der Waals surface area contributed by atoms with E-state index >= 15 is 0 Å². The molecular weight excluding hydrogens is 389 g/mol. The summed E-state index contributed by atoms with van der Waals surface area (Å²) in [6.45, 7) is 1.74. The standard InChI is InChI=1S/C22H22FN3O2S/c1-14(20(27)24-19-13-7-5-11-17(19)23)29-22-25-18-12-6-4-10-16(18)21(28)26(22)15-8-2-3-9-15/h4-7,10-15H,2-3,8-9H2,1H3,(H,24,27). The normalized spacial score (nSPS) is 15.5.